The lowest BCUT2D eigenvalue weighted by atomic mass is 9.94. The molecule has 0 saturated carbocycles. The monoisotopic (exact) mass is 433 g/mol. The third kappa shape index (κ3) is 4.11. The molecule has 32 heavy (non-hydrogen) atoms. The average Bonchev–Trinajstić information content (AvgIpc) is 3.43. The minimum absolute atomic E-state index is 0.207. The quantitative estimate of drug-likeness (QED) is 0.597. The fraction of sp³-hybridized carbons (Fsp3) is 0.375. The molecule has 4 heterocycles. The van der Waals surface area contributed by atoms with Crippen molar-refractivity contribution >= 4 is 5.97 Å². The van der Waals surface area contributed by atoms with Crippen LogP contribution in [-0.4, -0.2) is 58.2 Å². The molecule has 1 N–H and O–H groups in total. The van der Waals surface area contributed by atoms with Gasteiger partial charge in [-0.3, -0.25) is 4.90 Å². The van der Waals surface area contributed by atoms with Gasteiger partial charge < -0.3 is 19.4 Å². The first-order chi connectivity index (χ1) is 15.6. The topological polar surface area (TPSA) is 81.5 Å². The molecule has 2 aromatic heterocycles. The van der Waals surface area contributed by atoms with E-state index in [-0.39, 0.29) is 5.97 Å². The Hall–Kier alpha value is -3.23. The van der Waals surface area contributed by atoms with Crippen molar-refractivity contribution in [1.82, 2.24) is 24.8 Å². The van der Waals surface area contributed by atoms with Crippen molar-refractivity contribution in [2.45, 2.75) is 32.5 Å². The number of imidazole rings is 1. The normalized spacial score (nSPS) is 18.4. The second-order valence-electron chi connectivity index (χ2n) is 8.37. The Bertz CT molecular complexity index is 1140. The second-order valence-corrected chi connectivity index (χ2v) is 8.37. The lowest BCUT2D eigenvalue weighted by Gasteiger charge is -2.33. The van der Waals surface area contributed by atoms with Crippen molar-refractivity contribution in [3.8, 4) is 11.6 Å². The summed E-state index contributed by atoms with van der Waals surface area (Å²) >= 11 is 0. The Morgan fingerprint density at radius 3 is 3.06 bits per heavy atom. The first-order valence-corrected chi connectivity index (χ1v) is 10.9. The highest BCUT2D eigenvalue weighted by Gasteiger charge is 2.26. The number of methoxy groups -OCH3 is 1. The lowest BCUT2D eigenvalue weighted by molar-refractivity contribution is 0.0535. The Kier molecular flexibility index (Phi) is 5.63. The highest BCUT2D eigenvalue weighted by molar-refractivity contribution is 5.93. The maximum absolute atomic E-state index is 11.8. The summed E-state index contributed by atoms with van der Waals surface area (Å²) in [6.07, 6.45) is 6.56. The van der Waals surface area contributed by atoms with E-state index in [1.807, 2.05) is 29.1 Å². The number of carbonyl (C=O) groups excluding carboxylic acids is 1. The predicted molar refractivity (Wildman–Crippen MR) is 119 cm³/mol. The molecule has 2 aliphatic heterocycles. The van der Waals surface area contributed by atoms with Crippen LogP contribution in [0.3, 0.4) is 0 Å². The van der Waals surface area contributed by atoms with Gasteiger partial charge in [0, 0.05) is 56.2 Å². The van der Waals surface area contributed by atoms with E-state index in [2.05, 4.69) is 39.4 Å². The van der Waals surface area contributed by atoms with Gasteiger partial charge in [0.2, 0.25) is 5.88 Å². The van der Waals surface area contributed by atoms with Gasteiger partial charge >= 0.3 is 5.97 Å². The molecule has 0 aliphatic carbocycles. The van der Waals surface area contributed by atoms with Crippen LogP contribution in [0.2, 0.25) is 0 Å². The minimum atomic E-state index is -0.207. The van der Waals surface area contributed by atoms with E-state index in [1.165, 1.54) is 11.1 Å². The maximum Gasteiger partial charge on any atom is 0.338 e. The molecular weight excluding hydrogens is 406 g/mol. The van der Waals surface area contributed by atoms with Crippen molar-refractivity contribution in [1.29, 1.82) is 0 Å². The second kappa shape index (κ2) is 8.72. The van der Waals surface area contributed by atoms with E-state index in [9.17, 15) is 4.79 Å². The summed E-state index contributed by atoms with van der Waals surface area (Å²) in [4.78, 5) is 23.0. The van der Waals surface area contributed by atoms with Crippen LogP contribution >= 0.6 is 0 Å². The van der Waals surface area contributed by atoms with Crippen molar-refractivity contribution < 1.29 is 14.3 Å². The average molecular weight is 434 g/mol. The smallest absolute Gasteiger partial charge is 0.338 e. The maximum atomic E-state index is 11.8. The molecule has 1 saturated heterocycles. The number of aromatic nitrogens is 3. The number of piperazine rings is 1. The van der Waals surface area contributed by atoms with Crippen molar-refractivity contribution in [2.75, 3.05) is 26.7 Å². The summed E-state index contributed by atoms with van der Waals surface area (Å²) in [5.41, 5.74) is 6.22. The number of hydrogen-bond donors (Lipinski definition) is 1. The SMILES string of the molecule is COc1cc(-n2cnc(CN3CCN[C@H](Cc4ccc5c(c4C)COC5=O)C3)c2)ccn1. The van der Waals surface area contributed by atoms with E-state index < -0.39 is 0 Å². The van der Waals surface area contributed by atoms with E-state index >= 15 is 0 Å². The summed E-state index contributed by atoms with van der Waals surface area (Å²) in [6, 6.07) is 8.17. The molecule has 0 amide bonds. The van der Waals surface area contributed by atoms with Crippen LogP contribution in [0, 0.1) is 6.92 Å². The van der Waals surface area contributed by atoms with Gasteiger partial charge in [0.15, 0.2) is 0 Å². The molecule has 1 aromatic carbocycles. The Balaban J connectivity index is 1.24. The Labute approximate surface area is 187 Å². The fourth-order valence-electron chi connectivity index (χ4n) is 4.55. The molecule has 166 valence electrons. The van der Waals surface area contributed by atoms with Crippen LogP contribution in [0.1, 0.15) is 32.7 Å². The van der Waals surface area contributed by atoms with Crippen LogP contribution in [0.5, 0.6) is 5.88 Å². The van der Waals surface area contributed by atoms with E-state index in [1.54, 1.807) is 13.3 Å². The molecular formula is C24H27N5O3. The van der Waals surface area contributed by atoms with Crippen molar-refractivity contribution in [3.05, 3.63) is 70.9 Å². The predicted octanol–water partition coefficient (Wildman–Crippen LogP) is 2.27. The summed E-state index contributed by atoms with van der Waals surface area (Å²) in [7, 11) is 1.61. The zero-order valence-electron chi connectivity index (χ0n) is 18.4. The molecule has 0 unspecified atom stereocenters. The molecule has 0 bridgehead atoms. The summed E-state index contributed by atoms with van der Waals surface area (Å²) in [5, 5.41) is 3.64. The summed E-state index contributed by atoms with van der Waals surface area (Å²) in [5.74, 6) is 0.377. The van der Waals surface area contributed by atoms with Crippen molar-refractivity contribution in [3.63, 3.8) is 0 Å². The Morgan fingerprint density at radius 1 is 1.28 bits per heavy atom. The summed E-state index contributed by atoms with van der Waals surface area (Å²) < 4.78 is 12.4. The number of rotatable bonds is 6. The van der Waals surface area contributed by atoms with Gasteiger partial charge in [0.05, 0.1) is 30.4 Å². The number of fused-ring (bicyclic) bond motifs is 1. The summed E-state index contributed by atoms with van der Waals surface area (Å²) in [6.45, 7) is 6.17. The molecule has 1 fully saturated rings. The number of benzene rings is 1. The molecule has 3 aromatic rings. The van der Waals surface area contributed by atoms with Crippen LogP contribution in [0.4, 0.5) is 0 Å². The van der Waals surface area contributed by atoms with Crippen LogP contribution in [0.15, 0.2) is 43.0 Å². The van der Waals surface area contributed by atoms with E-state index in [0.29, 0.717) is 24.1 Å². The van der Waals surface area contributed by atoms with Gasteiger partial charge in [-0.15, -0.1) is 0 Å². The van der Waals surface area contributed by atoms with Crippen molar-refractivity contribution in [2.24, 2.45) is 0 Å². The number of nitrogens with one attached hydrogen (secondary N) is 1. The molecule has 5 rings (SSSR count). The molecule has 2 aliphatic rings. The number of pyridine rings is 1. The molecule has 8 nitrogen and oxygen atoms in total. The number of carbonyl (C=O) groups is 1. The highest BCUT2D eigenvalue weighted by Crippen LogP contribution is 2.27. The third-order valence-electron chi connectivity index (χ3n) is 6.33. The number of ether oxygens (including phenoxy) is 2. The van der Waals surface area contributed by atoms with Crippen LogP contribution < -0.4 is 10.1 Å². The standard InChI is InChI=1S/C24H27N5O3/c1-16-17(3-4-21-22(16)14-32-24(21)30)9-18-11-28(8-7-25-18)12-19-13-29(15-27-19)20-5-6-26-23(10-20)31-2/h3-6,10,13,15,18,25H,7-9,11-12,14H2,1-2H3/t18-/m1/s1. The molecule has 8 heteroatoms. The molecule has 0 spiro atoms. The van der Waals surface area contributed by atoms with Crippen LogP contribution in [0.25, 0.3) is 5.69 Å². The Morgan fingerprint density at radius 2 is 2.19 bits per heavy atom. The van der Waals surface area contributed by atoms with Gasteiger partial charge in [0.1, 0.15) is 6.61 Å². The zero-order chi connectivity index (χ0) is 22.1. The van der Waals surface area contributed by atoms with Gasteiger partial charge in [-0.25, -0.2) is 14.8 Å². The van der Waals surface area contributed by atoms with Gasteiger partial charge in [-0.05, 0) is 36.6 Å². The van der Waals surface area contributed by atoms with E-state index in [4.69, 9.17) is 9.47 Å². The number of cyclic esters (lactones) is 1. The molecule has 0 radical (unpaired) electrons. The van der Waals surface area contributed by atoms with Gasteiger partial charge in [-0.1, -0.05) is 6.07 Å². The van der Waals surface area contributed by atoms with Gasteiger partial charge in [0.25, 0.3) is 0 Å². The minimum Gasteiger partial charge on any atom is -0.481 e. The van der Waals surface area contributed by atoms with Gasteiger partial charge in [-0.2, -0.15) is 0 Å². The highest BCUT2D eigenvalue weighted by atomic mass is 16.5. The largest absolute Gasteiger partial charge is 0.481 e. The lowest BCUT2D eigenvalue weighted by Crippen LogP contribution is -2.51. The number of hydrogen-bond acceptors (Lipinski definition) is 7. The third-order valence-corrected chi connectivity index (χ3v) is 6.33. The number of nitrogens with zero attached hydrogens (tertiary/aromatic N) is 4. The molecule has 1 atom stereocenters. The fourth-order valence-corrected chi connectivity index (χ4v) is 4.55. The van der Waals surface area contributed by atoms with E-state index in [0.717, 1.165) is 49.5 Å². The first kappa shape index (κ1) is 20.7. The van der Waals surface area contributed by atoms with Crippen LogP contribution in [-0.2, 0) is 24.3 Å². The zero-order valence-corrected chi connectivity index (χ0v) is 18.4. The first-order valence-electron chi connectivity index (χ1n) is 10.9. The number of esters is 1.